The summed E-state index contributed by atoms with van der Waals surface area (Å²) in [5.74, 6) is 0.0294. The molecule has 1 atom stereocenters. The third kappa shape index (κ3) is 4.03. The second-order valence-corrected chi connectivity index (χ2v) is 6.12. The Morgan fingerprint density at radius 3 is 2.76 bits per heavy atom. The predicted molar refractivity (Wildman–Crippen MR) is 73.3 cm³/mol. The number of carbonyl (C=O) groups is 1. The number of nitrogens with zero attached hydrogens (tertiary/aromatic N) is 2. The Balaban J connectivity index is 2.63. The van der Waals surface area contributed by atoms with Crippen LogP contribution in [0.2, 0.25) is 0 Å². The molecule has 0 spiro atoms. The van der Waals surface area contributed by atoms with Gasteiger partial charge in [0.1, 0.15) is 0 Å². The largest absolute Gasteiger partial charge is 0.481 e. The van der Waals surface area contributed by atoms with Crippen molar-refractivity contribution in [2.75, 3.05) is 0 Å². The van der Waals surface area contributed by atoms with E-state index in [-0.39, 0.29) is 11.7 Å². The predicted octanol–water partition coefficient (Wildman–Crippen LogP) is 2.84. The summed E-state index contributed by atoms with van der Waals surface area (Å²) < 4.78 is 2.92. The fourth-order valence-corrected chi connectivity index (χ4v) is 3.48. The summed E-state index contributed by atoms with van der Waals surface area (Å²) in [5.41, 5.74) is 2.16. The Kier molecular flexibility index (Phi) is 5.52. The molecular formula is C11H17BrN2O2S. The Hall–Kier alpha value is -0.490. The van der Waals surface area contributed by atoms with Gasteiger partial charge in [-0.05, 0) is 22.4 Å². The van der Waals surface area contributed by atoms with Crippen LogP contribution in [-0.2, 0) is 24.0 Å². The molecule has 0 aliphatic rings. The minimum absolute atomic E-state index is 0.111. The van der Waals surface area contributed by atoms with E-state index in [2.05, 4.69) is 28.0 Å². The van der Waals surface area contributed by atoms with Crippen molar-refractivity contribution in [3.63, 3.8) is 0 Å². The lowest BCUT2D eigenvalue weighted by Crippen LogP contribution is -2.07. The van der Waals surface area contributed by atoms with Crippen LogP contribution in [0.5, 0.6) is 0 Å². The SMILES string of the molecule is CCc1nn(C)c(CSC(C)CC(=O)O)c1Br. The summed E-state index contributed by atoms with van der Waals surface area (Å²) in [6, 6.07) is 0. The van der Waals surface area contributed by atoms with Gasteiger partial charge in [-0.25, -0.2) is 0 Å². The highest BCUT2D eigenvalue weighted by atomic mass is 79.9. The molecule has 0 saturated heterocycles. The molecule has 0 saturated carbocycles. The number of rotatable bonds is 6. The minimum atomic E-state index is -0.747. The molecular weight excluding hydrogens is 304 g/mol. The Labute approximate surface area is 114 Å². The second kappa shape index (κ2) is 6.44. The van der Waals surface area contributed by atoms with E-state index in [1.165, 1.54) is 0 Å². The molecule has 0 fully saturated rings. The van der Waals surface area contributed by atoms with Crippen LogP contribution < -0.4 is 0 Å². The molecule has 0 amide bonds. The highest BCUT2D eigenvalue weighted by molar-refractivity contribution is 9.10. The number of carboxylic acid groups (broad SMARTS) is 1. The smallest absolute Gasteiger partial charge is 0.304 e. The van der Waals surface area contributed by atoms with Crippen LogP contribution >= 0.6 is 27.7 Å². The molecule has 17 heavy (non-hydrogen) atoms. The summed E-state index contributed by atoms with van der Waals surface area (Å²) in [5, 5.41) is 13.2. The van der Waals surface area contributed by atoms with E-state index in [4.69, 9.17) is 5.11 Å². The molecule has 1 rings (SSSR count). The van der Waals surface area contributed by atoms with Crippen molar-refractivity contribution < 1.29 is 9.90 Å². The topological polar surface area (TPSA) is 55.1 Å². The van der Waals surface area contributed by atoms with Gasteiger partial charge in [0, 0.05) is 18.1 Å². The first-order valence-electron chi connectivity index (χ1n) is 5.49. The maximum absolute atomic E-state index is 10.6. The molecule has 1 N–H and O–H groups in total. The molecule has 1 unspecified atom stereocenters. The summed E-state index contributed by atoms with van der Waals surface area (Å²) in [6.45, 7) is 4.00. The summed E-state index contributed by atoms with van der Waals surface area (Å²) in [4.78, 5) is 10.6. The first-order valence-corrected chi connectivity index (χ1v) is 7.33. The number of aliphatic carboxylic acids is 1. The third-order valence-corrected chi connectivity index (χ3v) is 4.56. The molecule has 1 aromatic heterocycles. The fraction of sp³-hybridized carbons (Fsp3) is 0.636. The molecule has 0 aromatic carbocycles. The van der Waals surface area contributed by atoms with Gasteiger partial charge in [0.15, 0.2) is 0 Å². The standard InChI is InChI=1S/C11H17BrN2O2S/c1-4-8-11(12)9(14(3)13-8)6-17-7(2)5-10(15)16/h7H,4-6H2,1-3H3,(H,15,16). The van der Waals surface area contributed by atoms with Crippen LogP contribution in [0.4, 0.5) is 0 Å². The number of hydrogen-bond acceptors (Lipinski definition) is 3. The Morgan fingerprint density at radius 2 is 2.29 bits per heavy atom. The first-order chi connectivity index (χ1) is 7.95. The quantitative estimate of drug-likeness (QED) is 0.875. The lowest BCUT2D eigenvalue weighted by molar-refractivity contribution is -0.136. The van der Waals surface area contributed by atoms with E-state index in [1.807, 2.05) is 18.7 Å². The second-order valence-electron chi connectivity index (χ2n) is 3.90. The van der Waals surface area contributed by atoms with Crippen LogP contribution in [0.1, 0.15) is 31.7 Å². The lowest BCUT2D eigenvalue weighted by Gasteiger charge is -2.08. The van der Waals surface area contributed by atoms with Gasteiger partial charge in [0.2, 0.25) is 0 Å². The third-order valence-electron chi connectivity index (χ3n) is 2.47. The molecule has 4 nitrogen and oxygen atoms in total. The molecule has 0 aliphatic heterocycles. The Morgan fingerprint density at radius 1 is 1.65 bits per heavy atom. The van der Waals surface area contributed by atoms with Crippen molar-refractivity contribution in [2.24, 2.45) is 7.05 Å². The van der Waals surface area contributed by atoms with Crippen molar-refractivity contribution in [2.45, 2.75) is 37.7 Å². The van der Waals surface area contributed by atoms with Gasteiger partial charge in [-0.2, -0.15) is 16.9 Å². The molecule has 0 radical (unpaired) electrons. The highest BCUT2D eigenvalue weighted by Gasteiger charge is 2.14. The maximum Gasteiger partial charge on any atom is 0.304 e. The van der Waals surface area contributed by atoms with Gasteiger partial charge in [0.25, 0.3) is 0 Å². The zero-order valence-corrected chi connectivity index (χ0v) is 12.6. The van der Waals surface area contributed by atoms with Gasteiger partial charge in [-0.3, -0.25) is 9.48 Å². The summed E-state index contributed by atoms with van der Waals surface area (Å²) in [7, 11) is 1.92. The maximum atomic E-state index is 10.6. The average molecular weight is 321 g/mol. The highest BCUT2D eigenvalue weighted by Crippen LogP contribution is 2.27. The van der Waals surface area contributed by atoms with E-state index >= 15 is 0 Å². The fourth-order valence-electron chi connectivity index (χ4n) is 1.50. The van der Waals surface area contributed by atoms with E-state index < -0.39 is 5.97 Å². The number of aromatic nitrogens is 2. The number of thioether (sulfide) groups is 1. The minimum Gasteiger partial charge on any atom is -0.481 e. The molecule has 6 heteroatoms. The van der Waals surface area contributed by atoms with Crippen molar-refractivity contribution in [3.05, 3.63) is 15.9 Å². The number of carboxylic acids is 1. The van der Waals surface area contributed by atoms with Crippen molar-refractivity contribution in [3.8, 4) is 0 Å². The van der Waals surface area contributed by atoms with Gasteiger partial charge in [-0.1, -0.05) is 13.8 Å². The molecule has 96 valence electrons. The zero-order chi connectivity index (χ0) is 13.0. The van der Waals surface area contributed by atoms with Crippen LogP contribution in [0.25, 0.3) is 0 Å². The van der Waals surface area contributed by atoms with Crippen LogP contribution in [0.3, 0.4) is 0 Å². The van der Waals surface area contributed by atoms with Crippen LogP contribution in [0, 0.1) is 0 Å². The Bertz CT molecular complexity index is 406. The van der Waals surface area contributed by atoms with Crippen LogP contribution in [-0.4, -0.2) is 26.1 Å². The van der Waals surface area contributed by atoms with Crippen molar-refractivity contribution in [1.29, 1.82) is 0 Å². The zero-order valence-electron chi connectivity index (χ0n) is 10.2. The number of aryl methyl sites for hydroxylation is 2. The van der Waals surface area contributed by atoms with E-state index in [0.29, 0.717) is 0 Å². The van der Waals surface area contributed by atoms with Gasteiger partial charge < -0.3 is 5.11 Å². The van der Waals surface area contributed by atoms with Crippen molar-refractivity contribution in [1.82, 2.24) is 9.78 Å². The molecule has 1 aromatic rings. The summed E-state index contributed by atoms with van der Waals surface area (Å²) >= 11 is 5.19. The van der Waals surface area contributed by atoms with E-state index in [0.717, 1.165) is 28.0 Å². The van der Waals surface area contributed by atoms with Gasteiger partial charge in [0.05, 0.1) is 22.3 Å². The van der Waals surface area contributed by atoms with E-state index in [1.54, 1.807) is 11.8 Å². The van der Waals surface area contributed by atoms with Crippen LogP contribution in [0.15, 0.2) is 4.47 Å². The molecule has 1 heterocycles. The monoisotopic (exact) mass is 320 g/mol. The molecule has 0 aliphatic carbocycles. The molecule has 0 bridgehead atoms. The number of hydrogen-bond donors (Lipinski definition) is 1. The normalized spacial score (nSPS) is 12.7. The first kappa shape index (κ1) is 14.6. The summed E-state index contributed by atoms with van der Waals surface area (Å²) in [6.07, 6.45) is 1.09. The van der Waals surface area contributed by atoms with Gasteiger partial charge >= 0.3 is 5.97 Å². The van der Waals surface area contributed by atoms with Crippen molar-refractivity contribution >= 4 is 33.7 Å². The van der Waals surface area contributed by atoms with E-state index in [9.17, 15) is 4.79 Å². The average Bonchev–Trinajstić information content (AvgIpc) is 2.50. The number of halogens is 1. The van der Waals surface area contributed by atoms with Gasteiger partial charge in [-0.15, -0.1) is 0 Å². The lowest BCUT2D eigenvalue weighted by atomic mass is 10.3.